The van der Waals surface area contributed by atoms with Crippen LogP contribution in [-0.4, -0.2) is 27.6 Å². The number of Topliss-reactive ketones (excluding diaryl/α,β-unsaturated/α-hetero) is 2. The largest absolute Gasteiger partial charge is 0.478 e. The molecule has 0 spiro atoms. The molecule has 0 unspecified atom stereocenters. The van der Waals surface area contributed by atoms with Crippen molar-refractivity contribution in [3.05, 3.63) is 101 Å². The van der Waals surface area contributed by atoms with Gasteiger partial charge in [-0.2, -0.15) is 0 Å². The molecule has 1 fully saturated rings. The molecule has 5 rings (SSSR count). The first-order chi connectivity index (χ1) is 17.7. The van der Waals surface area contributed by atoms with Crippen LogP contribution in [-0.2, 0) is 22.4 Å². The number of hydrogen-bond acceptors (Lipinski definition) is 5. The Labute approximate surface area is 210 Å². The van der Waals surface area contributed by atoms with Gasteiger partial charge in [-0.1, -0.05) is 24.3 Å². The van der Waals surface area contributed by atoms with E-state index in [1.807, 2.05) is 0 Å². The summed E-state index contributed by atoms with van der Waals surface area (Å²) in [6.07, 6.45) is 2.64. The van der Waals surface area contributed by atoms with Gasteiger partial charge in [0, 0.05) is 30.5 Å². The number of halogens is 2. The maximum atomic E-state index is 14.0. The number of ketones is 2. The summed E-state index contributed by atoms with van der Waals surface area (Å²) in [6, 6.07) is 16.2. The van der Waals surface area contributed by atoms with E-state index in [2.05, 4.69) is 4.98 Å². The molecule has 4 aromatic rings. The van der Waals surface area contributed by atoms with Gasteiger partial charge in [0.05, 0.1) is 16.5 Å². The number of carbonyl (C=O) groups excluding carboxylic acids is 2. The molecule has 1 aliphatic rings. The van der Waals surface area contributed by atoms with Crippen LogP contribution in [0.5, 0.6) is 11.5 Å². The second-order valence-electron chi connectivity index (χ2n) is 9.12. The fourth-order valence-corrected chi connectivity index (χ4v) is 4.35. The summed E-state index contributed by atoms with van der Waals surface area (Å²) >= 11 is 0. The van der Waals surface area contributed by atoms with Crippen molar-refractivity contribution < 1.29 is 33.0 Å². The van der Waals surface area contributed by atoms with Gasteiger partial charge in [0.25, 0.3) is 0 Å². The Morgan fingerprint density at radius 2 is 1.46 bits per heavy atom. The zero-order valence-electron chi connectivity index (χ0n) is 19.5. The fourth-order valence-electron chi connectivity index (χ4n) is 4.35. The van der Waals surface area contributed by atoms with Crippen molar-refractivity contribution in [3.63, 3.8) is 0 Å². The van der Waals surface area contributed by atoms with Crippen molar-refractivity contribution in [2.45, 2.75) is 25.7 Å². The molecule has 1 heterocycles. The monoisotopic (exact) mass is 501 g/mol. The number of carbonyl (C=O) groups is 3. The molecule has 1 N–H and O–H groups in total. The lowest BCUT2D eigenvalue weighted by atomic mass is 9.88. The van der Waals surface area contributed by atoms with E-state index in [0.29, 0.717) is 40.9 Å². The van der Waals surface area contributed by atoms with Gasteiger partial charge in [-0.3, -0.25) is 14.6 Å². The van der Waals surface area contributed by atoms with Crippen molar-refractivity contribution >= 4 is 28.4 Å². The van der Waals surface area contributed by atoms with Gasteiger partial charge < -0.3 is 9.84 Å². The average Bonchev–Trinajstić information content (AvgIpc) is 3.69. The normalized spacial score (nSPS) is 13.8. The van der Waals surface area contributed by atoms with Gasteiger partial charge in [-0.15, -0.1) is 0 Å². The summed E-state index contributed by atoms with van der Waals surface area (Å²) in [5, 5.41) is 9.57. The minimum absolute atomic E-state index is 0.0895. The Morgan fingerprint density at radius 1 is 0.865 bits per heavy atom. The summed E-state index contributed by atoms with van der Waals surface area (Å²) in [6.45, 7) is 0. The first kappa shape index (κ1) is 24.2. The molecule has 3 aromatic carbocycles. The highest BCUT2D eigenvalue weighted by atomic mass is 19.1. The smallest absolute Gasteiger partial charge is 0.338 e. The zero-order chi connectivity index (χ0) is 26.2. The van der Waals surface area contributed by atoms with Crippen molar-refractivity contribution in [1.82, 2.24) is 4.98 Å². The summed E-state index contributed by atoms with van der Waals surface area (Å²) < 4.78 is 33.0. The standard InChI is InChI=1S/C29H21F2NO5/c30-19-5-1-17(2-6-19)13-26(33)29(10-11-29)27(34)14-18-3-7-20(8-4-18)37-25-9-12-32-24-16-23(31)21(28(35)36)15-22(24)25/h1-9,12,15-16H,10-11,13-14H2,(H,35,36). The number of aromatic nitrogens is 1. The lowest BCUT2D eigenvalue weighted by Gasteiger charge is -2.14. The quantitative estimate of drug-likeness (QED) is 0.296. The predicted octanol–water partition coefficient (Wildman–Crippen LogP) is 5.71. The second-order valence-corrected chi connectivity index (χ2v) is 9.12. The van der Waals surface area contributed by atoms with Crippen LogP contribution in [0.2, 0.25) is 0 Å². The molecule has 1 saturated carbocycles. The maximum absolute atomic E-state index is 14.0. The van der Waals surface area contributed by atoms with Gasteiger partial charge in [0.2, 0.25) is 0 Å². The second kappa shape index (κ2) is 9.54. The van der Waals surface area contributed by atoms with Gasteiger partial charge in [-0.05, 0) is 60.4 Å². The third-order valence-electron chi connectivity index (χ3n) is 6.63. The first-order valence-corrected chi connectivity index (χ1v) is 11.6. The van der Waals surface area contributed by atoms with Gasteiger partial charge in [-0.25, -0.2) is 13.6 Å². The summed E-state index contributed by atoms with van der Waals surface area (Å²) in [5.41, 5.74) is 0.183. The van der Waals surface area contributed by atoms with Gasteiger partial charge in [0.1, 0.15) is 23.1 Å². The van der Waals surface area contributed by atoms with Gasteiger partial charge >= 0.3 is 5.97 Å². The summed E-state index contributed by atoms with van der Waals surface area (Å²) in [4.78, 5) is 41.3. The van der Waals surface area contributed by atoms with Crippen LogP contribution in [0.15, 0.2) is 72.9 Å². The minimum atomic E-state index is -1.40. The number of carboxylic acids is 1. The highest BCUT2D eigenvalue weighted by molar-refractivity contribution is 6.11. The van der Waals surface area contributed by atoms with E-state index in [-0.39, 0.29) is 35.7 Å². The Balaban J connectivity index is 1.28. The zero-order valence-corrected chi connectivity index (χ0v) is 19.5. The topological polar surface area (TPSA) is 93.6 Å². The van der Waals surface area contributed by atoms with E-state index in [1.54, 1.807) is 42.5 Å². The maximum Gasteiger partial charge on any atom is 0.338 e. The van der Waals surface area contributed by atoms with Crippen LogP contribution in [0, 0.1) is 17.0 Å². The molecule has 37 heavy (non-hydrogen) atoms. The number of fused-ring (bicyclic) bond motifs is 1. The number of nitrogens with zero attached hydrogens (tertiary/aromatic N) is 1. The fraction of sp³-hybridized carbons (Fsp3) is 0.172. The molecule has 0 bridgehead atoms. The lowest BCUT2D eigenvalue weighted by Crippen LogP contribution is -2.28. The van der Waals surface area contributed by atoms with Crippen molar-refractivity contribution in [1.29, 1.82) is 0 Å². The molecule has 1 aromatic heterocycles. The molecule has 186 valence electrons. The van der Waals surface area contributed by atoms with Crippen molar-refractivity contribution in [3.8, 4) is 11.5 Å². The molecule has 0 amide bonds. The lowest BCUT2D eigenvalue weighted by molar-refractivity contribution is -0.133. The number of ether oxygens (including phenoxy) is 1. The van der Waals surface area contributed by atoms with Crippen LogP contribution < -0.4 is 4.74 Å². The van der Waals surface area contributed by atoms with E-state index in [9.17, 15) is 28.3 Å². The average molecular weight is 501 g/mol. The molecule has 0 aliphatic heterocycles. The van der Waals surface area contributed by atoms with Crippen LogP contribution in [0.3, 0.4) is 0 Å². The number of pyridine rings is 1. The number of benzene rings is 3. The molecular weight excluding hydrogens is 480 g/mol. The highest BCUT2D eigenvalue weighted by Crippen LogP contribution is 2.48. The molecule has 0 saturated heterocycles. The molecule has 0 radical (unpaired) electrons. The first-order valence-electron chi connectivity index (χ1n) is 11.6. The van der Waals surface area contributed by atoms with Crippen LogP contribution in [0.1, 0.15) is 34.3 Å². The Morgan fingerprint density at radius 3 is 2.03 bits per heavy atom. The molecular formula is C29H21F2NO5. The van der Waals surface area contributed by atoms with E-state index >= 15 is 0 Å². The number of carboxylic acid groups (broad SMARTS) is 1. The molecule has 1 aliphatic carbocycles. The highest BCUT2D eigenvalue weighted by Gasteiger charge is 2.54. The van der Waals surface area contributed by atoms with Gasteiger partial charge in [0.15, 0.2) is 11.6 Å². The molecule has 0 atom stereocenters. The Kier molecular flexibility index (Phi) is 6.25. The van der Waals surface area contributed by atoms with E-state index in [1.165, 1.54) is 24.4 Å². The molecule has 6 nitrogen and oxygen atoms in total. The Hall–Kier alpha value is -4.46. The summed E-state index contributed by atoms with van der Waals surface area (Å²) in [7, 11) is 0. The summed E-state index contributed by atoms with van der Waals surface area (Å²) in [5.74, 6) is -2.21. The van der Waals surface area contributed by atoms with E-state index in [4.69, 9.17) is 4.74 Å². The number of hydrogen-bond donors (Lipinski definition) is 1. The number of aromatic carboxylic acids is 1. The van der Waals surface area contributed by atoms with Crippen LogP contribution >= 0.6 is 0 Å². The SMILES string of the molecule is O=C(O)c1cc2c(Oc3ccc(CC(=O)C4(C(=O)Cc5ccc(F)cc5)CC4)cc3)ccnc2cc1F. The van der Waals surface area contributed by atoms with Crippen LogP contribution in [0.4, 0.5) is 8.78 Å². The third kappa shape index (κ3) is 4.95. The Bertz CT molecular complexity index is 1530. The predicted molar refractivity (Wildman–Crippen MR) is 131 cm³/mol. The van der Waals surface area contributed by atoms with Crippen molar-refractivity contribution in [2.24, 2.45) is 5.41 Å². The minimum Gasteiger partial charge on any atom is -0.478 e. The van der Waals surface area contributed by atoms with Crippen molar-refractivity contribution in [2.75, 3.05) is 0 Å². The van der Waals surface area contributed by atoms with E-state index in [0.717, 1.165) is 6.07 Å². The third-order valence-corrected chi connectivity index (χ3v) is 6.63. The van der Waals surface area contributed by atoms with Crippen LogP contribution in [0.25, 0.3) is 10.9 Å². The molecule has 8 heteroatoms. The van der Waals surface area contributed by atoms with E-state index < -0.39 is 22.8 Å². The number of rotatable bonds is 9.